The van der Waals surface area contributed by atoms with E-state index < -0.39 is 0 Å². The van der Waals surface area contributed by atoms with Crippen LogP contribution in [0.15, 0.2) is 29.3 Å². The third kappa shape index (κ3) is 3.20. The molecule has 0 atom stereocenters. The van der Waals surface area contributed by atoms with Crippen LogP contribution < -0.4 is 5.32 Å². The van der Waals surface area contributed by atoms with E-state index in [0.29, 0.717) is 6.54 Å². The Bertz CT molecular complexity index is 399. The third-order valence-electron chi connectivity index (χ3n) is 2.29. The summed E-state index contributed by atoms with van der Waals surface area (Å²) >= 11 is 3.20. The van der Waals surface area contributed by atoms with Gasteiger partial charge in [-0.05, 0) is 31.0 Å². The summed E-state index contributed by atoms with van der Waals surface area (Å²) in [5.74, 6) is -0.0585. The summed E-state index contributed by atoms with van der Waals surface area (Å²) in [5, 5.41) is 2.78. The quantitative estimate of drug-likeness (QED) is 0.897. The number of aryl methyl sites for hydroxylation is 1. The van der Waals surface area contributed by atoms with Gasteiger partial charge < -0.3 is 5.32 Å². The van der Waals surface area contributed by atoms with Gasteiger partial charge in [-0.1, -0.05) is 34.6 Å². The average molecular weight is 268 g/mol. The molecule has 0 bridgehead atoms. The molecule has 1 aromatic carbocycles. The Balaban J connectivity index is 2.82. The lowest BCUT2D eigenvalue weighted by Crippen LogP contribution is -2.25. The minimum atomic E-state index is -0.0585. The fourth-order valence-corrected chi connectivity index (χ4v) is 1.41. The van der Waals surface area contributed by atoms with Crippen LogP contribution in [0, 0.1) is 13.8 Å². The molecule has 1 rings (SSSR count). The van der Waals surface area contributed by atoms with Gasteiger partial charge in [0.2, 0.25) is 0 Å². The molecule has 1 N–H and O–H groups in total. The minimum Gasteiger partial charge on any atom is -0.347 e. The van der Waals surface area contributed by atoms with Crippen LogP contribution >= 0.6 is 15.9 Å². The van der Waals surface area contributed by atoms with Gasteiger partial charge in [0.05, 0.1) is 0 Å². The van der Waals surface area contributed by atoms with Gasteiger partial charge in [-0.3, -0.25) is 4.79 Å². The molecule has 80 valence electrons. The first-order valence-corrected chi connectivity index (χ1v) is 5.49. The fraction of sp³-hybridized carbons (Fsp3) is 0.250. The molecule has 0 saturated carbocycles. The number of carbonyl (C=O) groups excluding carboxylic acids is 1. The molecule has 0 aliphatic rings. The second kappa shape index (κ2) is 5.12. The highest BCUT2D eigenvalue weighted by Crippen LogP contribution is 2.12. The standard InChI is InChI=1S/C12H14BrNO/c1-8-5-4-6-11(10(8)3)12(15)14-7-9(2)13/h4-6H,2,7H2,1,3H3,(H,14,15). The molecule has 0 aromatic heterocycles. The highest BCUT2D eigenvalue weighted by atomic mass is 79.9. The molecule has 3 heteroatoms. The van der Waals surface area contributed by atoms with E-state index in [1.165, 1.54) is 0 Å². The maximum atomic E-state index is 11.7. The van der Waals surface area contributed by atoms with Gasteiger partial charge in [0.25, 0.3) is 5.91 Å². The van der Waals surface area contributed by atoms with Crippen LogP contribution in [0.4, 0.5) is 0 Å². The largest absolute Gasteiger partial charge is 0.347 e. The lowest BCUT2D eigenvalue weighted by molar-refractivity contribution is 0.0957. The van der Waals surface area contributed by atoms with Crippen molar-refractivity contribution >= 4 is 21.8 Å². The zero-order valence-corrected chi connectivity index (χ0v) is 10.5. The highest BCUT2D eigenvalue weighted by molar-refractivity contribution is 9.11. The van der Waals surface area contributed by atoms with Gasteiger partial charge in [-0.2, -0.15) is 0 Å². The highest BCUT2D eigenvalue weighted by Gasteiger charge is 2.08. The number of amides is 1. The fourth-order valence-electron chi connectivity index (χ4n) is 1.27. The summed E-state index contributed by atoms with van der Waals surface area (Å²) in [5.41, 5.74) is 2.87. The zero-order valence-electron chi connectivity index (χ0n) is 8.93. The van der Waals surface area contributed by atoms with Gasteiger partial charge >= 0.3 is 0 Å². The summed E-state index contributed by atoms with van der Waals surface area (Å²) in [4.78, 5) is 11.7. The van der Waals surface area contributed by atoms with Gasteiger partial charge in [-0.15, -0.1) is 0 Å². The first-order valence-electron chi connectivity index (χ1n) is 4.70. The summed E-state index contributed by atoms with van der Waals surface area (Å²) in [6.07, 6.45) is 0. The van der Waals surface area contributed by atoms with Crippen LogP contribution in [0.2, 0.25) is 0 Å². The van der Waals surface area contributed by atoms with Crippen LogP contribution in [-0.4, -0.2) is 12.5 Å². The maximum absolute atomic E-state index is 11.7. The number of hydrogen-bond donors (Lipinski definition) is 1. The van der Waals surface area contributed by atoms with Gasteiger partial charge in [0.15, 0.2) is 0 Å². The van der Waals surface area contributed by atoms with Crippen molar-refractivity contribution in [2.75, 3.05) is 6.54 Å². The molecule has 2 nitrogen and oxygen atoms in total. The number of hydrogen-bond acceptors (Lipinski definition) is 1. The van der Waals surface area contributed by atoms with Crippen LogP contribution in [-0.2, 0) is 0 Å². The van der Waals surface area contributed by atoms with Crippen molar-refractivity contribution in [3.8, 4) is 0 Å². The van der Waals surface area contributed by atoms with Crippen LogP contribution in [0.1, 0.15) is 21.5 Å². The summed E-state index contributed by atoms with van der Waals surface area (Å²) < 4.78 is 0.765. The monoisotopic (exact) mass is 267 g/mol. The Kier molecular flexibility index (Phi) is 4.09. The summed E-state index contributed by atoms with van der Waals surface area (Å²) in [7, 11) is 0. The molecule has 15 heavy (non-hydrogen) atoms. The van der Waals surface area contributed by atoms with Crippen molar-refractivity contribution in [2.45, 2.75) is 13.8 Å². The van der Waals surface area contributed by atoms with E-state index in [1.54, 1.807) is 0 Å². The van der Waals surface area contributed by atoms with Crippen molar-refractivity contribution < 1.29 is 4.79 Å². The van der Waals surface area contributed by atoms with E-state index in [1.807, 2.05) is 32.0 Å². The normalized spacial score (nSPS) is 9.80. The lowest BCUT2D eigenvalue weighted by atomic mass is 10.0. The zero-order chi connectivity index (χ0) is 11.4. The predicted molar refractivity (Wildman–Crippen MR) is 66.3 cm³/mol. The molecule has 0 fully saturated rings. The minimum absolute atomic E-state index is 0.0585. The number of carbonyl (C=O) groups is 1. The van der Waals surface area contributed by atoms with E-state index in [9.17, 15) is 4.79 Å². The maximum Gasteiger partial charge on any atom is 0.251 e. The van der Waals surface area contributed by atoms with Gasteiger partial charge in [0.1, 0.15) is 0 Å². The smallest absolute Gasteiger partial charge is 0.251 e. The molecule has 0 spiro atoms. The van der Waals surface area contributed by atoms with Crippen molar-refractivity contribution in [3.63, 3.8) is 0 Å². The molecule has 0 radical (unpaired) electrons. The Morgan fingerprint density at radius 2 is 2.13 bits per heavy atom. The van der Waals surface area contributed by atoms with Gasteiger partial charge in [-0.25, -0.2) is 0 Å². The number of nitrogens with one attached hydrogen (secondary N) is 1. The molecular weight excluding hydrogens is 254 g/mol. The van der Waals surface area contributed by atoms with Crippen LogP contribution in [0.25, 0.3) is 0 Å². The second-order valence-electron chi connectivity index (χ2n) is 3.45. The van der Waals surface area contributed by atoms with Gasteiger partial charge in [0, 0.05) is 16.6 Å². The first-order chi connectivity index (χ1) is 7.02. The lowest BCUT2D eigenvalue weighted by Gasteiger charge is -2.08. The molecule has 0 saturated heterocycles. The molecule has 1 amide bonds. The van der Waals surface area contributed by atoms with E-state index in [-0.39, 0.29) is 5.91 Å². The Morgan fingerprint density at radius 3 is 2.73 bits per heavy atom. The average Bonchev–Trinajstić information content (AvgIpc) is 2.18. The van der Waals surface area contributed by atoms with Crippen LogP contribution in [0.5, 0.6) is 0 Å². The number of benzene rings is 1. The molecule has 1 aromatic rings. The van der Waals surface area contributed by atoms with Crippen molar-refractivity contribution in [1.29, 1.82) is 0 Å². The molecule has 0 aliphatic carbocycles. The number of halogens is 1. The van der Waals surface area contributed by atoms with Crippen molar-refractivity contribution in [1.82, 2.24) is 5.32 Å². The Hall–Kier alpha value is -1.09. The van der Waals surface area contributed by atoms with Crippen molar-refractivity contribution in [2.24, 2.45) is 0 Å². The van der Waals surface area contributed by atoms with Crippen LogP contribution in [0.3, 0.4) is 0 Å². The summed E-state index contributed by atoms with van der Waals surface area (Å²) in [6.45, 7) is 8.06. The molecule has 0 aliphatic heterocycles. The third-order valence-corrected chi connectivity index (χ3v) is 2.57. The Morgan fingerprint density at radius 1 is 1.47 bits per heavy atom. The van der Waals surface area contributed by atoms with E-state index in [0.717, 1.165) is 21.2 Å². The molecule has 0 unspecified atom stereocenters. The topological polar surface area (TPSA) is 29.1 Å². The van der Waals surface area contributed by atoms with Crippen molar-refractivity contribution in [3.05, 3.63) is 46.0 Å². The SMILES string of the molecule is C=C(Br)CNC(=O)c1cccc(C)c1C. The second-order valence-corrected chi connectivity index (χ2v) is 4.57. The predicted octanol–water partition coefficient (Wildman–Crippen LogP) is 2.94. The molecule has 0 heterocycles. The Labute approximate surface area is 98.5 Å². The number of rotatable bonds is 3. The summed E-state index contributed by atoms with van der Waals surface area (Å²) in [6, 6.07) is 5.71. The van der Waals surface area contributed by atoms with E-state index >= 15 is 0 Å². The van der Waals surface area contributed by atoms with E-state index in [4.69, 9.17) is 0 Å². The first kappa shape index (κ1) is 12.0. The van der Waals surface area contributed by atoms with E-state index in [2.05, 4.69) is 27.8 Å². The molecular formula is C12H14BrNO.